The van der Waals surface area contributed by atoms with Gasteiger partial charge in [-0.2, -0.15) is 18.3 Å². The van der Waals surface area contributed by atoms with Gasteiger partial charge in [0.05, 0.1) is 29.4 Å². The van der Waals surface area contributed by atoms with Gasteiger partial charge in [-0.05, 0) is 24.6 Å². The minimum Gasteiger partial charge on any atom is -0.489 e. The van der Waals surface area contributed by atoms with Crippen LogP contribution in [0.1, 0.15) is 32.6 Å². The average Bonchev–Trinajstić information content (AvgIpc) is 3.21. The fourth-order valence-corrected chi connectivity index (χ4v) is 3.43. The van der Waals surface area contributed by atoms with Crippen molar-refractivity contribution in [1.82, 2.24) is 9.78 Å². The van der Waals surface area contributed by atoms with E-state index in [1.54, 1.807) is 19.1 Å². The lowest BCUT2D eigenvalue weighted by atomic mass is 10.0. The van der Waals surface area contributed by atoms with E-state index in [4.69, 9.17) is 14.6 Å². The highest BCUT2D eigenvalue weighted by atomic mass is 19.4. The summed E-state index contributed by atoms with van der Waals surface area (Å²) in [5.74, 6) is -1.53. The topological polar surface area (TPSA) is 73.6 Å². The van der Waals surface area contributed by atoms with Crippen LogP contribution in [0.5, 0.6) is 11.5 Å². The molecule has 0 fully saturated rings. The number of nitrogens with zero attached hydrogens (tertiary/aromatic N) is 2. The molecule has 2 aromatic carbocycles. The first-order valence-corrected chi connectivity index (χ1v) is 9.81. The van der Waals surface area contributed by atoms with Gasteiger partial charge < -0.3 is 14.6 Å². The van der Waals surface area contributed by atoms with Gasteiger partial charge in [-0.25, -0.2) is 9.18 Å². The van der Waals surface area contributed by atoms with Crippen molar-refractivity contribution in [2.45, 2.75) is 26.3 Å². The molecule has 6 nitrogen and oxygen atoms in total. The van der Waals surface area contributed by atoms with Crippen LogP contribution in [0.2, 0.25) is 0 Å². The number of alkyl halides is 3. The van der Waals surface area contributed by atoms with E-state index in [0.29, 0.717) is 11.1 Å². The van der Waals surface area contributed by atoms with Gasteiger partial charge in [-0.1, -0.05) is 17.7 Å². The molecule has 10 heteroatoms. The van der Waals surface area contributed by atoms with Crippen molar-refractivity contribution in [3.05, 3.63) is 81.9 Å². The fourth-order valence-electron chi connectivity index (χ4n) is 3.43. The number of benzene rings is 2. The smallest absolute Gasteiger partial charge is 0.416 e. The first-order valence-electron chi connectivity index (χ1n) is 9.81. The Labute approximate surface area is 185 Å². The van der Waals surface area contributed by atoms with E-state index in [9.17, 15) is 22.4 Å². The molecule has 0 bridgehead atoms. The van der Waals surface area contributed by atoms with E-state index in [-0.39, 0.29) is 47.9 Å². The Morgan fingerprint density at radius 1 is 1.27 bits per heavy atom. The Balaban J connectivity index is 1.51. The SMILES string of the molecule is Cc1ccc(COc2cc(F)c3c(c2)OCC(Cn2cc(C(=O)O)cn2)=C3)c(C(F)(F)F)c1. The van der Waals surface area contributed by atoms with Crippen molar-refractivity contribution < 1.29 is 36.9 Å². The number of aromatic carboxylic acids is 1. The zero-order valence-electron chi connectivity index (χ0n) is 17.3. The fraction of sp³-hybridized carbons (Fsp3) is 0.217. The zero-order valence-corrected chi connectivity index (χ0v) is 17.3. The molecular formula is C23H18F4N2O4. The monoisotopic (exact) mass is 462 g/mol. The van der Waals surface area contributed by atoms with Gasteiger partial charge in [0.1, 0.15) is 30.5 Å². The Hall–Kier alpha value is -3.82. The molecule has 0 saturated carbocycles. The predicted molar refractivity (Wildman–Crippen MR) is 110 cm³/mol. The number of rotatable bonds is 6. The molecule has 0 amide bonds. The highest BCUT2D eigenvalue weighted by molar-refractivity contribution is 5.86. The van der Waals surface area contributed by atoms with Gasteiger partial charge in [0.15, 0.2) is 0 Å². The summed E-state index contributed by atoms with van der Waals surface area (Å²) in [4.78, 5) is 11.0. The molecule has 1 aliphatic rings. The third-order valence-corrected chi connectivity index (χ3v) is 5.04. The van der Waals surface area contributed by atoms with Crippen LogP contribution in [0.4, 0.5) is 17.6 Å². The van der Waals surface area contributed by atoms with E-state index in [1.165, 1.54) is 29.2 Å². The maximum atomic E-state index is 14.7. The van der Waals surface area contributed by atoms with Crippen molar-refractivity contribution in [1.29, 1.82) is 0 Å². The summed E-state index contributed by atoms with van der Waals surface area (Å²) >= 11 is 0. The molecule has 3 aromatic rings. The zero-order chi connectivity index (χ0) is 23.8. The lowest BCUT2D eigenvalue weighted by molar-refractivity contribution is -0.138. The molecule has 4 rings (SSSR count). The minimum absolute atomic E-state index is 0.0305. The Morgan fingerprint density at radius 2 is 2.06 bits per heavy atom. The van der Waals surface area contributed by atoms with Gasteiger partial charge in [-0.15, -0.1) is 0 Å². The molecule has 0 atom stereocenters. The number of carboxylic acids is 1. The lowest BCUT2D eigenvalue weighted by Crippen LogP contribution is -2.14. The van der Waals surface area contributed by atoms with Gasteiger partial charge in [0, 0.05) is 23.9 Å². The Bertz CT molecular complexity index is 1250. The summed E-state index contributed by atoms with van der Waals surface area (Å²) < 4.78 is 67.1. The van der Waals surface area contributed by atoms with Crippen LogP contribution in [-0.4, -0.2) is 27.5 Å². The maximum Gasteiger partial charge on any atom is 0.416 e. The number of aryl methyl sites for hydroxylation is 1. The molecule has 172 valence electrons. The molecule has 2 heterocycles. The van der Waals surface area contributed by atoms with Gasteiger partial charge in [0.2, 0.25) is 0 Å². The number of carboxylic acid groups (broad SMARTS) is 1. The molecule has 0 radical (unpaired) electrons. The number of fused-ring (bicyclic) bond motifs is 1. The van der Waals surface area contributed by atoms with E-state index in [1.807, 2.05) is 0 Å². The summed E-state index contributed by atoms with van der Waals surface area (Å²) in [5, 5.41) is 12.9. The summed E-state index contributed by atoms with van der Waals surface area (Å²) in [6.07, 6.45) is -0.396. The molecular weight excluding hydrogens is 444 g/mol. The first kappa shape index (κ1) is 22.4. The van der Waals surface area contributed by atoms with E-state index >= 15 is 0 Å². The van der Waals surface area contributed by atoms with E-state index in [0.717, 1.165) is 12.1 Å². The number of hydrogen-bond acceptors (Lipinski definition) is 4. The number of aromatic nitrogens is 2. The number of carbonyl (C=O) groups is 1. The highest BCUT2D eigenvalue weighted by Gasteiger charge is 2.33. The first-order chi connectivity index (χ1) is 15.6. The van der Waals surface area contributed by atoms with Crippen molar-refractivity contribution in [3.8, 4) is 11.5 Å². The molecule has 1 N–H and O–H groups in total. The standard InChI is InChI=1S/C23H18F4N2O4/c1-13-2-3-15(19(4-13)23(25,26)27)12-32-17-6-20(24)18-5-14(11-33-21(18)7-17)9-29-10-16(8-28-29)22(30)31/h2-8,10H,9,11-12H2,1H3,(H,30,31). The quantitative estimate of drug-likeness (QED) is 0.516. The van der Waals surface area contributed by atoms with Crippen LogP contribution < -0.4 is 9.47 Å². The van der Waals surface area contributed by atoms with Gasteiger partial charge >= 0.3 is 12.1 Å². The second kappa shape index (κ2) is 8.61. The van der Waals surface area contributed by atoms with Crippen LogP contribution in [-0.2, 0) is 19.3 Å². The molecule has 0 aliphatic carbocycles. The van der Waals surface area contributed by atoms with Crippen LogP contribution >= 0.6 is 0 Å². The molecule has 1 aromatic heterocycles. The van der Waals surface area contributed by atoms with Crippen molar-refractivity contribution in [2.75, 3.05) is 6.61 Å². The van der Waals surface area contributed by atoms with Crippen LogP contribution in [0.25, 0.3) is 6.08 Å². The second-order valence-corrected chi connectivity index (χ2v) is 7.59. The lowest BCUT2D eigenvalue weighted by Gasteiger charge is -2.20. The van der Waals surface area contributed by atoms with Crippen molar-refractivity contribution in [3.63, 3.8) is 0 Å². The van der Waals surface area contributed by atoms with E-state index in [2.05, 4.69) is 5.10 Å². The van der Waals surface area contributed by atoms with E-state index < -0.39 is 23.5 Å². The summed E-state index contributed by atoms with van der Waals surface area (Å²) in [5.41, 5.74) is 0.466. The third-order valence-electron chi connectivity index (χ3n) is 5.04. The van der Waals surface area contributed by atoms with Crippen LogP contribution in [0.3, 0.4) is 0 Å². The van der Waals surface area contributed by atoms with Crippen LogP contribution in [0, 0.1) is 12.7 Å². The number of hydrogen-bond donors (Lipinski definition) is 1. The highest BCUT2D eigenvalue weighted by Crippen LogP contribution is 2.35. The largest absolute Gasteiger partial charge is 0.489 e. The van der Waals surface area contributed by atoms with Gasteiger partial charge in [-0.3, -0.25) is 4.68 Å². The second-order valence-electron chi connectivity index (χ2n) is 7.59. The van der Waals surface area contributed by atoms with Crippen molar-refractivity contribution >= 4 is 12.0 Å². The molecule has 33 heavy (non-hydrogen) atoms. The summed E-state index contributed by atoms with van der Waals surface area (Å²) in [6.45, 7) is 1.49. The Morgan fingerprint density at radius 3 is 2.76 bits per heavy atom. The summed E-state index contributed by atoms with van der Waals surface area (Å²) in [7, 11) is 0. The average molecular weight is 462 g/mol. The van der Waals surface area contributed by atoms with Gasteiger partial charge in [0.25, 0.3) is 0 Å². The van der Waals surface area contributed by atoms with Crippen molar-refractivity contribution in [2.24, 2.45) is 0 Å². The normalized spacial score (nSPS) is 13.2. The molecule has 0 spiro atoms. The van der Waals surface area contributed by atoms with Crippen LogP contribution in [0.15, 0.2) is 48.3 Å². The Kier molecular flexibility index (Phi) is 5.84. The number of halogens is 4. The third kappa shape index (κ3) is 5.00. The molecule has 1 aliphatic heterocycles. The molecule has 0 saturated heterocycles. The maximum absolute atomic E-state index is 14.7. The number of ether oxygens (including phenoxy) is 2. The predicted octanol–water partition coefficient (Wildman–Crippen LogP) is 5.10. The molecule has 0 unspecified atom stereocenters. The summed E-state index contributed by atoms with van der Waals surface area (Å²) in [6, 6.07) is 6.43. The minimum atomic E-state index is -4.53.